The Bertz CT molecular complexity index is 488. The highest BCUT2D eigenvalue weighted by molar-refractivity contribution is 5.98. The Morgan fingerprint density at radius 1 is 1.00 bits per heavy atom. The maximum Gasteiger partial charge on any atom is 0.330 e. The van der Waals surface area contributed by atoms with E-state index in [1.807, 2.05) is 0 Å². The highest BCUT2D eigenvalue weighted by atomic mass is 16.5. The fourth-order valence-electron chi connectivity index (χ4n) is 1.60. The summed E-state index contributed by atoms with van der Waals surface area (Å²) in [6.45, 7) is 3.13. The first-order chi connectivity index (χ1) is 9.33. The molecule has 1 aromatic carbocycles. The second-order valence-electron chi connectivity index (χ2n) is 4.67. The second kappa shape index (κ2) is 6.27. The van der Waals surface area contributed by atoms with Crippen molar-refractivity contribution in [3.63, 3.8) is 0 Å². The predicted octanol–water partition coefficient (Wildman–Crippen LogP) is 1.39. The van der Waals surface area contributed by atoms with E-state index in [1.165, 1.54) is 21.3 Å². The minimum Gasteiger partial charge on any atom is -0.497 e. The molecule has 20 heavy (non-hydrogen) atoms. The van der Waals surface area contributed by atoms with Gasteiger partial charge in [0, 0.05) is 11.6 Å². The summed E-state index contributed by atoms with van der Waals surface area (Å²) in [6, 6.07) is 4.78. The van der Waals surface area contributed by atoms with E-state index in [0.29, 0.717) is 17.1 Å². The smallest absolute Gasteiger partial charge is 0.330 e. The van der Waals surface area contributed by atoms with Crippen LogP contribution in [0.4, 0.5) is 0 Å². The summed E-state index contributed by atoms with van der Waals surface area (Å²) in [5, 5.41) is 2.60. The van der Waals surface area contributed by atoms with Gasteiger partial charge in [0.25, 0.3) is 5.91 Å². The molecule has 1 aromatic rings. The SMILES string of the molecule is COC(=O)C(C)(C)NC(=O)c1cc(OC)cc(OC)c1. The fourth-order valence-corrected chi connectivity index (χ4v) is 1.60. The molecule has 0 saturated carbocycles. The number of methoxy groups -OCH3 is 3. The molecule has 1 amide bonds. The van der Waals surface area contributed by atoms with Crippen molar-refractivity contribution in [2.45, 2.75) is 19.4 Å². The first kappa shape index (κ1) is 15.8. The molecule has 0 aliphatic rings. The van der Waals surface area contributed by atoms with Crippen LogP contribution in [0.15, 0.2) is 18.2 Å². The molecule has 0 saturated heterocycles. The fraction of sp³-hybridized carbons (Fsp3) is 0.429. The van der Waals surface area contributed by atoms with Gasteiger partial charge >= 0.3 is 5.97 Å². The number of carbonyl (C=O) groups is 2. The molecule has 1 rings (SSSR count). The number of hydrogen-bond donors (Lipinski definition) is 1. The number of amides is 1. The third-order valence-electron chi connectivity index (χ3n) is 2.74. The van der Waals surface area contributed by atoms with Crippen LogP contribution in [0.25, 0.3) is 0 Å². The van der Waals surface area contributed by atoms with Crippen molar-refractivity contribution < 1.29 is 23.8 Å². The first-order valence-electron chi connectivity index (χ1n) is 5.98. The Morgan fingerprint density at radius 3 is 1.90 bits per heavy atom. The van der Waals surface area contributed by atoms with Crippen molar-refractivity contribution in [2.75, 3.05) is 21.3 Å². The molecular weight excluding hydrogens is 262 g/mol. The number of hydrogen-bond acceptors (Lipinski definition) is 5. The van der Waals surface area contributed by atoms with Gasteiger partial charge in [-0.25, -0.2) is 4.79 Å². The van der Waals surface area contributed by atoms with Crippen LogP contribution >= 0.6 is 0 Å². The van der Waals surface area contributed by atoms with E-state index in [9.17, 15) is 9.59 Å². The van der Waals surface area contributed by atoms with E-state index < -0.39 is 17.4 Å². The standard InChI is InChI=1S/C14H19NO5/c1-14(2,13(17)20-5)15-12(16)9-6-10(18-3)8-11(7-9)19-4/h6-8H,1-5H3,(H,15,16). The van der Waals surface area contributed by atoms with E-state index in [0.717, 1.165) is 0 Å². The van der Waals surface area contributed by atoms with Crippen LogP contribution in [0.1, 0.15) is 24.2 Å². The van der Waals surface area contributed by atoms with Gasteiger partial charge in [-0.1, -0.05) is 0 Å². The van der Waals surface area contributed by atoms with E-state index in [4.69, 9.17) is 9.47 Å². The molecule has 0 atom stereocenters. The number of rotatable bonds is 5. The maximum atomic E-state index is 12.2. The number of nitrogens with one attached hydrogen (secondary N) is 1. The minimum atomic E-state index is -1.12. The Balaban J connectivity index is 3.00. The number of carbonyl (C=O) groups excluding carboxylic acids is 2. The van der Waals surface area contributed by atoms with Gasteiger partial charge in [0.2, 0.25) is 0 Å². The summed E-state index contributed by atoms with van der Waals surface area (Å²) >= 11 is 0. The highest BCUT2D eigenvalue weighted by Gasteiger charge is 2.31. The van der Waals surface area contributed by atoms with Crippen LogP contribution in [-0.4, -0.2) is 38.7 Å². The second-order valence-corrected chi connectivity index (χ2v) is 4.67. The van der Waals surface area contributed by atoms with E-state index in [1.54, 1.807) is 32.0 Å². The number of benzene rings is 1. The Labute approximate surface area is 118 Å². The molecule has 0 fully saturated rings. The predicted molar refractivity (Wildman–Crippen MR) is 73.1 cm³/mol. The van der Waals surface area contributed by atoms with Gasteiger partial charge in [-0.3, -0.25) is 4.79 Å². The normalized spacial score (nSPS) is 10.7. The molecule has 0 radical (unpaired) electrons. The molecule has 0 bridgehead atoms. The summed E-state index contributed by atoms with van der Waals surface area (Å²) in [4.78, 5) is 23.7. The van der Waals surface area contributed by atoms with E-state index >= 15 is 0 Å². The van der Waals surface area contributed by atoms with Crippen molar-refractivity contribution in [1.82, 2.24) is 5.32 Å². The number of ether oxygens (including phenoxy) is 3. The molecule has 0 aliphatic heterocycles. The summed E-state index contributed by atoms with van der Waals surface area (Å²) in [6.07, 6.45) is 0. The van der Waals surface area contributed by atoms with Crippen LogP contribution in [0.2, 0.25) is 0 Å². The first-order valence-corrected chi connectivity index (χ1v) is 5.98. The molecule has 0 aliphatic carbocycles. The van der Waals surface area contributed by atoms with Gasteiger partial charge < -0.3 is 19.5 Å². The average Bonchev–Trinajstić information content (AvgIpc) is 2.44. The molecule has 6 heteroatoms. The van der Waals surface area contributed by atoms with Crippen molar-refractivity contribution in [3.8, 4) is 11.5 Å². The van der Waals surface area contributed by atoms with Crippen LogP contribution in [-0.2, 0) is 9.53 Å². The third-order valence-corrected chi connectivity index (χ3v) is 2.74. The van der Waals surface area contributed by atoms with Gasteiger partial charge in [-0.05, 0) is 26.0 Å². The zero-order valence-electron chi connectivity index (χ0n) is 12.3. The topological polar surface area (TPSA) is 73.9 Å². The van der Waals surface area contributed by atoms with Gasteiger partial charge in [-0.15, -0.1) is 0 Å². The molecule has 0 spiro atoms. The van der Waals surface area contributed by atoms with Crippen LogP contribution in [0.3, 0.4) is 0 Å². The third kappa shape index (κ3) is 3.63. The molecule has 1 N–H and O–H groups in total. The summed E-state index contributed by atoms with van der Waals surface area (Å²) < 4.78 is 14.8. The lowest BCUT2D eigenvalue weighted by atomic mass is 10.0. The lowest BCUT2D eigenvalue weighted by Crippen LogP contribution is -2.50. The summed E-state index contributed by atoms with van der Waals surface area (Å²) in [5.74, 6) is 0.0362. The quantitative estimate of drug-likeness (QED) is 0.825. The molecule has 110 valence electrons. The van der Waals surface area contributed by atoms with Gasteiger partial charge in [-0.2, -0.15) is 0 Å². The molecular formula is C14H19NO5. The molecule has 0 unspecified atom stereocenters. The van der Waals surface area contributed by atoms with Crippen molar-refractivity contribution in [2.24, 2.45) is 0 Å². The van der Waals surface area contributed by atoms with Gasteiger partial charge in [0.1, 0.15) is 17.0 Å². The Kier molecular flexibility index (Phi) is 4.96. The minimum absolute atomic E-state index is 0.332. The highest BCUT2D eigenvalue weighted by Crippen LogP contribution is 2.22. The van der Waals surface area contributed by atoms with Gasteiger partial charge in [0.15, 0.2) is 0 Å². The van der Waals surface area contributed by atoms with Crippen LogP contribution in [0.5, 0.6) is 11.5 Å². The molecule has 0 aromatic heterocycles. The largest absolute Gasteiger partial charge is 0.497 e. The molecule has 6 nitrogen and oxygen atoms in total. The Morgan fingerprint density at radius 2 is 1.50 bits per heavy atom. The zero-order valence-corrected chi connectivity index (χ0v) is 12.3. The van der Waals surface area contributed by atoms with Gasteiger partial charge in [0.05, 0.1) is 21.3 Å². The van der Waals surface area contributed by atoms with E-state index in [-0.39, 0.29) is 0 Å². The summed E-state index contributed by atoms with van der Waals surface area (Å²) in [5.41, 5.74) is -0.791. The Hall–Kier alpha value is -2.24. The van der Waals surface area contributed by atoms with Crippen molar-refractivity contribution in [3.05, 3.63) is 23.8 Å². The molecule has 0 heterocycles. The van der Waals surface area contributed by atoms with Crippen LogP contribution < -0.4 is 14.8 Å². The van der Waals surface area contributed by atoms with Crippen molar-refractivity contribution in [1.29, 1.82) is 0 Å². The maximum absolute atomic E-state index is 12.2. The van der Waals surface area contributed by atoms with E-state index in [2.05, 4.69) is 10.1 Å². The lowest BCUT2D eigenvalue weighted by Gasteiger charge is -2.23. The van der Waals surface area contributed by atoms with Crippen LogP contribution in [0, 0.1) is 0 Å². The van der Waals surface area contributed by atoms with Crippen molar-refractivity contribution >= 4 is 11.9 Å². The zero-order chi connectivity index (χ0) is 15.3. The monoisotopic (exact) mass is 281 g/mol. The number of esters is 1. The summed E-state index contributed by atoms with van der Waals surface area (Å²) in [7, 11) is 4.26. The average molecular weight is 281 g/mol. The lowest BCUT2D eigenvalue weighted by molar-refractivity contribution is -0.146.